The summed E-state index contributed by atoms with van der Waals surface area (Å²) in [5, 5.41) is 0. The quantitative estimate of drug-likeness (QED) is 0.724. The highest BCUT2D eigenvalue weighted by Gasteiger charge is 2.13. The number of imidazole rings is 1. The van der Waals surface area contributed by atoms with Gasteiger partial charge in [-0.2, -0.15) is 0 Å². The van der Waals surface area contributed by atoms with Crippen LogP contribution in [0.25, 0.3) is 0 Å². The van der Waals surface area contributed by atoms with Crippen LogP contribution in [-0.4, -0.2) is 9.55 Å². The maximum Gasteiger partial charge on any atom is 0.0948 e. The van der Waals surface area contributed by atoms with Gasteiger partial charge in [0.05, 0.1) is 6.33 Å². The third-order valence-corrected chi connectivity index (χ3v) is 3.98. The third kappa shape index (κ3) is 3.72. The zero-order chi connectivity index (χ0) is 14.5. The van der Waals surface area contributed by atoms with Crippen molar-refractivity contribution >= 4 is 0 Å². The monoisotopic (exact) mass is 270 g/mol. The minimum Gasteiger partial charge on any atom is -0.335 e. The summed E-state index contributed by atoms with van der Waals surface area (Å²) >= 11 is 0. The number of hydrogen-bond acceptors (Lipinski definition) is 1. The predicted molar refractivity (Wildman–Crippen MR) is 85.6 cm³/mol. The fourth-order valence-electron chi connectivity index (χ4n) is 2.85. The van der Waals surface area contributed by atoms with Crippen LogP contribution in [0, 0.1) is 12.8 Å². The minimum absolute atomic E-state index is 0.725. The van der Waals surface area contributed by atoms with Gasteiger partial charge in [0, 0.05) is 18.4 Å². The van der Waals surface area contributed by atoms with Gasteiger partial charge >= 0.3 is 0 Å². The number of hydrogen-bond donors (Lipinski definition) is 0. The second-order valence-electron chi connectivity index (χ2n) is 6.14. The van der Waals surface area contributed by atoms with Crippen molar-refractivity contribution < 1.29 is 0 Å². The van der Waals surface area contributed by atoms with Gasteiger partial charge in [0.2, 0.25) is 0 Å². The van der Waals surface area contributed by atoms with Gasteiger partial charge < -0.3 is 4.57 Å². The second kappa shape index (κ2) is 6.74. The van der Waals surface area contributed by atoms with Gasteiger partial charge in [-0.1, -0.05) is 43.7 Å². The van der Waals surface area contributed by atoms with Gasteiger partial charge in [-0.3, -0.25) is 0 Å². The first-order chi connectivity index (χ1) is 9.60. The molecule has 1 aromatic rings. The average molecular weight is 270 g/mol. The molecule has 2 rings (SSSR count). The van der Waals surface area contributed by atoms with Crippen molar-refractivity contribution in [2.45, 2.75) is 53.0 Å². The highest BCUT2D eigenvalue weighted by Crippen LogP contribution is 2.30. The van der Waals surface area contributed by atoms with Crippen LogP contribution in [0.15, 0.2) is 48.0 Å². The second-order valence-corrected chi connectivity index (χ2v) is 6.14. The van der Waals surface area contributed by atoms with E-state index in [4.69, 9.17) is 0 Å². The first-order valence-corrected chi connectivity index (χ1v) is 7.60. The van der Waals surface area contributed by atoms with Crippen LogP contribution >= 0.6 is 0 Å². The summed E-state index contributed by atoms with van der Waals surface area (Å²) in [5.74, 6) is 0.725. The largest absolute Gasteiger partial charge is 0.335 e. The van der Waals surface area contributed by atoms with E-state index < -0.39 is 0 Å². The van der Waals surface area contributed by atoms with Crippen LogP contribution < -0.4 is 0 Å². The van der Waals surface area contributed by atoms with Crippen molar-refractivity contribution in [3.8, 4) is 0 Å². The van der Waals surface area contributed by atoms with Crippen molar-refractivity contribution in [3.63, 3.8) is 0 Å². The Hall–Kier alpha value is -1.57. The Morgan fingerprint density at radius 1 is 1.40 bits per heavy atom. The Morgan fingerprint density at radius 3 is 2.80 bits per heavy atom. The minimum atomic E-state index is 0.725. The Balaban J connectivity index is 2.03. The maximum absolute atomic E-state index is 4.18. The third-order valence-electron chi connectivity index (χ3n) is 3.98. The summed E-state index contributed by atoms with van der Waals surface area (Å²) < 4.78 is 2.22. The number of aromatic nitrogens is 2. The molecule has 0 aliphatic heterocycles. The summed E-state index contributed by atoms with van der Waals surface area (Å²) in [6.07, 6.45) is 13.0. The molecule has 0 unspecified atom stereocenters. The molecule has 1 aliphatic rings. The Bertz CT molecular complexity index is 529. The van der Waals surface area contributed by atoms with Gasteiger partial charge in [0.15, 0.2) is 0 Å². The summed E-state index contributed by atoms with van der Waals surface area (Å²) in [7, 11) is 0. The Kier molecular flexibility index (Phi) is 4.99. The molecule has 0 saturated carbocycles. The van der Waals surface area contributed by atoms with Crippen molar-refractivity contribution in [2.24, 2.45) is 5.92 Å². The molecule has 0 fully saturated rings. The van der Waals surface area contributed by atoms with Crippen molar-refractivity contribution in [1.82, 2.24) is 9.55 Å². The topological polar surface area (TPSA) is 17.8 Å². The summed E-state index contributed by atoms with van der Waals surface area (Å²) in [6, 6.07) is 0. The van der Waals surface area contributed by atoms with Crippen molar-refractivity contribution in [3.05, 3.63) is 53.7 Å². The average Bonchev–Trinajstić information content (AvgIpc) is 2.82. The molecule has 20 heavy (non-hydrogen) atoms. The van der Waals surface area contributed by atoms with Crippen LogP contribution in [-0.2, 0) is 6.54 Å². The SMILES string of the molecule is C=CC1=C(CC(C)C)CCC(CCn2cncc2C)=C1. The van der Waals surface area contributed by atoms with Crippen LogP contribution in [0.5, 0.6) is 0 Å². The standard InChI is InChI=1S/C18H26N2/c1-5-17-11-16(6-7-18(17)10-14(2)3)8-9-20-13-19-12-15(20)4/h5,11-14H,1,6-10H2,2-4H3. The predicted octanol–water partition coefficient (Wildman–Crippen LogP) is 4.83. The highest BCUT2D eigenvalue weighted by molar-refractivity contribution is 5.40. The summed E-state index contributed by atoms with van der Waals surface area (Å²) in [4.78, 5) is 4.18. The van der Waals surface area contributed by atoms with E-state index in [9.17, 15) is 0 Å². The van der Waals surface area contributed by atoms with Crippen LogP contribution in [0.3, 0.4) is 0 Å². The lowest BCUT2D eigenvalue weighted by Gasteiger charge is -2.20. The lowest BCUT2D eigenvalue weighted by atomic mass is 9.86. The number of aryl methyl sites for hydroxylation is 2. The Labute approximate surface area is 122 Å². The molecule has 1 aromatic heterocycles. The summed E-state index contributed by atoms with van der Waals surface area (Å²) in [6.45, 7) is 11.7. The first kappa shape index (κ1) is 14.8. The lowest BCUT2D eigenvalue weighted by Crippen LogP contribution is -2.05. The van der Waals surface area contributed by atoms with E-state index in [2.05, 4.69) is 43.0 Å². The van der Waals surface area contributed by atoms with E-state index >= 15 is 0 Å². The zero-order valence-electron chi connectivity index (χ0n) is 13.0. The fraction of sp³-hybridized carbons (Fsp3) is 0.500. The van der Waals surface area contributed by atoms with E-state index in [1.54, 1.807) is 11.1 Å². The van der Waals surface area contributed by atoms with Gasteiger partial charge in [0.25, 0.3) is 0 Å². The molecule has 1 heterocycles. The van der Waals surface area contributed by atoms with E-state index in [0.717, 1.165) is 18.9 Å². The molecular formula is C18H26N2. The van der Waals surface area contributed by atoms with Crippen molar-refractivity contribution in [1.29, 1.82) is 0 Å². The van der Waals surface area contributed by atoms with Crippen molar-refractivity contribution in [2.75, 3.05) is 0 Å². The Morgan fingerprint density at radius 2 is 2.20 bits per heavy atom. The highest BCUT2D eigenvalue weighted by atomic mass is 15.0. The van der Waals surface area contributed by atoms with Gasteiger partial charge in [-0.15, -0.1) is 0 Å². The normalized spacial score (nSPS) is 15.7. The van der Waals surface area contributed by atoms with E-state index in [1.165, 1.54) is 30.5 Å². The van der Waals surface area contributed by atoms with Gasteiger partial charge in [-0.25, -0.2) is 4.98 Å². The molecule has 0 aromatic carbocycles. The molecule has 0 spiro atoms. The smallest absolute Gasteiger partial charge is 0.0948 e. The lowest BCUT2D eigenvalue weighted by molar-refractivity contribution is 0.606. The molecule has 0 N–H and O–H groups in total. The van der Waals surface area contributed by atoms with Crippen LogP contribution in [0.2, 0.25) is 0 Å². The van der Waals surface area contributed by atoms with Gasteiger partial charge in [-0.05, 0) is 44.1 Å². The number of rotatable bonds is 6. The molecule has 0 radical (unpaired) electrons. The van der Waals surface area contributed by atoms with E-state index in [1.807, 2.05) is 18.6 Å². The molecule has 108 valence electrons. The molecule has 2 heteroatoms. The number of allylic oxidation sites excluding steroid dienone is 5. The van der Waals surface area contributed by atoms with Crippen LogP contribution in [0.4, 0.5) is 0 Å². The van der Waals surface area contributed by atoms with E-state index in [-0.39, 0.29) is 0 Å². The fourth-order valence-corrected chi connectivity index (χ4v) is 2.85. The molecule has 2 nitrogen and oxygen atoms in total. The molecular weight excluding hydrogens is 244 g/mol. The number of nitrogens with zero attached hydrogens (tertiary/aromatic N) is 2. The molecule has 0 saturated heterocycles. The molecule has 1 aliphatic carbocycles. The molecule has 0 amide bonds. The maximum atomic E-state index is 4.18. The molecule has 0 bridgehead atoms. The first-order valence-electron chi connectivity index (χ1n) is 7.60. The van der Waals surface area contributed by atoms with Gasteiger partial charge in [0.1, 0.15) is 0 Å². The molecule has 0 atom stereocenters. The zero-order valence-corrected chi connectivity index (χ0v) is 13.0. The van der Waals surface area contributed by atoms with E-state index in [0.29, 0.717) is 0 Å². The van der Waals surface area contributed by atoms with Crippen LogP contribution in [0.1, 0.15) is 45.2 Å². The summed E-state index contributed by atoms with van der Waals surface area (Å²) in [5.41, 5.74) is 5.72.